The van der Waals surface area contributed by atoms with E-state index in [9.17, 15) is 0 Å². The minimum absolute atomic E-state index is 0.771. The van der Waals surface area contributed by atoms with Crippen molar-refractivity contribution in [3.8, 4) is 0 Å². The Morgan fingerprint density at radius 1 is 1.30 bits per heavy atom. The molecule has 112 valence electrons. The maximum Gasteiger partial charge on any atom is 0.0701 e. The van der Waals surface area contributed by atoms with E-state index in [1.54, 1.807) is 0 Å². The van der Waals surface area contributed by atoms with Crippen LogP contribution in [0.1, 0.15) is 37.5 Å². The Morgan fingerprint density at radius 3 is 2.95 bits per heavy atom. The molecule has 2 fully saturated rings. The van der Waals surface area contributed by atoms with E-state index in [2.05, 4.69) is 44.8 Å². The average Bonchev–Trinajstić information content (AvgIpc) is 2.89. The molecule has 0 saturated carbocycles. The number of piperidine rings is 1. The molecule has 0 amide bonds. The maximum atomic E-state index is 3.57. The van der Waals surface area contributed by atoms with Gasteiger partial charge in [0, 0.05) is 36.6 Å². The molecule has 1 aromatic rings. The lowest BCUT2D eigenvalue weighted by molar-refractivity contribution is 0.00836. The fourth-order valence-electron chi connectivity index (χ4n) is 3.71. The lowest BCUT2D eigenvalue weighted by atomic mass is 9.95. The third-order valence-electron chi connectivity index (χ3n) is 4.90. The van der Waals surface area contributed by atoms with Crippen LogP contribution in [0.3, 0.4) is 0 Å². The highest BCUT2D eigenvalue weighted by atomic mass is 79.9. The van der Waals surface area contributed by atoms with Crippen LogP contribution in [0.25, 0.3) is 0 Å². The Morgan fingerprint density at radius 2 is 2.20 bits per heavy atom. The lowest BCUT2D eigenvalue weighted by Crippen LogP contribution is -2.59. The van der Waals surface area contributed by atoms with Crippen molar-refractivity contribution in [1.82, 2.24) is 9.80 Å². The summed E-state index contributed by atoms with van der Waals surface area (Å²) in [6.07, 6.45) is 6.76. The van der Waals surface area contributed by atoms with Gasteiger partial charge in [0.05, 0.1) is 3.79 Å². The molecule has 4 heteroatoms. The molecule has 2 nitrogen and oxygen atoms in total. The summed E-state index contributed by atoms with van der Waals surface area (Å²) in [4.78, 5) is 7.04. The number of hydrogen-bond acceptors (Lipinski definition) is 3. The summed E-state index contributed by atoms with van der Waals surface area (Å²) in [7, 11) is 0. The van der Waals surface area contributed by atoms with Crippen molar-refractivity contribution in [3.63, 3.8) is 0 Å². The van der Waals surface area contributed by atoms with Gasteiger partial charge in [-0.3, -0.25) is 9.80 Å². The zero-order valence-corrected chi connectivity index (χ0v) is 14.8. The molecule has 2 aliphatic rings. The Balaban J connectivity index is 1.58. The Bertz CT molecular complexity index is 434. The van der Waals surface area contributed by atoms with Gasteiger partial charge in [0.2, 0.25) is 0 Å². The van der Waals surface area contributed by atoms with Gasteiger partial charge in [-0.15, -0.1) is 11.3 Å². The summed E-state index contributed by atoms with van der Waals surface area (Å²) in [6, 6.07) is 6.05. The molecular formula is C16H25BrN2S. The molecule has 0 N–H and O–H groups in total. The van der Waals surface area contributed by atoms with E-state index in [0.717, 1.165) is 12.1 Å². The molecule has 3 heterocycles. The fourth-order valence-corrected chi connectivity index (χ4v) is 5.19. The summed E-state index contributed by atoms with van der Waals surface area (Å²) in [5.41, 5.74) is 0. The van der Waals surface area contributed by atoms with Crippen molar-refractivity contribution < 1.29 is 0 Å². The smallest absolute Gasteiger partial charge is 0.0701 e. The first-order chi connectivity index (χ1) is 9.76. The second-order valence-corrected chi connectivity index (χ2v) is 8.70. The molecule has 20 heavy (non-hydrogen) atoms. The van der Waals surface area contributed by atoms with Crippen LogP contribution in [-0.4, -0.2) is 48.1 Å². The summed E-state index contributed by atoms with van der Waals surface area (Å²) in [5, 5.41) is 0. The quantitative estimate of drug-likeness (QED) is 0.804. The number of halogens is 1. The van der Waals surface area contributed by atoms with Crippen LogP contribution in [0.4, 0.5) is 0 Å². The molecule has 2 aliphatic heterocycles. The molecule has 2 atom stereocenters. The SMILES string of the molecule is CCC1CN2CCCCC2CN1CCc1ccc(Br)s1. The van der Waals surface area contributed by atoms with Crippen LogP contribution in [0, 0.1) is 0 Å². The molecule has 0 bridgehead atoms. The van der Waals surface area contributed by atoms with Gasteiger partial charge in [-0.2, -0.15) is 0 Å². The number of piperazine rings is 1. The second kappa shape index (κ2) is 6.91. The largest absolute Gasteiger partial charge is 0.298 e. The maximum absolute atomic E-state index is 3.57. The summed E-state index contributed by atoms with van der Waals surface area (Å²) in [5.74, 6) is 0. The monoisotopic (exact) mass is 356 g/mol. The van der Waals surface area contributed by atoms with Crippen LogP contribution in [0.5, 0.6) is 0 Å². The van der Waals surface area contributed by atoms with E-state index in [1.807, 2.05) is 11.3 Å². The molecule has 2 saturated heterocycles. The molecule has 1 aromatic heterocycles. The molecule has 3 rings (SSSR count). The minimum atomic E-state index is 0.771. The van der Waals surface area contributed by atoms with Gasteiger partial charge in [-0.25, -0.2) is 0 Å². The van der Waals surface area contributed by atoms with E-state index in [4.69, 9.17) is 0 Å². The number of fused-ring (bicyclic) bond motifs is 1. The molecule has 0 spiro atoms. The normalized spacial score (nSPS) is 28.5. The molecule has 0 radical (unpaired) electrons. The van der Waals surface area contributed by atoms with Gasteiger partial charge < -0.3 is 0 Å². The van der Waals surface area contributed by atoms with Crippen molar-refractivity contribution >= 4 is 27.3 Å². The third kappa shape index (κ3) is 3.46. The van der Waals surface area contributed by atoms with Crippen molar-refractivity contribution in [2.45, 2.75) is 51.1 Å². The summed E-state index contributed by atoms with van der Waals surface area (Å²) < 4.78 is 1.26. The van der Waals surface area contributed by atoms with Gasteiger partial charge in [0.25, 0.3) is 0 Å². The predicted molar refractivity (Wildman–Crippen MR) is 90.6 cm³/mol. The second-order valence-electron chi connectivity index (χ2n) is 6.16. The van der Waals surface area contributed by atoms with E-state index >= 15 is 0 Å². The highest BCUT2D eigenvalue weighted by Crippen LogP contribution is 2.27. The predicted octanol–water partition coefficient (Wildman–Crippen LogP) is 4.00. The number of hydrogen-bond donors (Lipinski definition) is 0. The van der Waals surface area contributed by atoms with Crippen LogP contribution in [0.2, 0.25) is 0 Å². The van der Waals surface area contributed by atoms with Crippen LogP contribution in [-0.2, 0) is 6.42 Å². The number of thiophene rings is 1. The first-order valence-electron chi connectivity index (χ1n) is 7.98. The topological polar surface area (TPSA) is 6.48 Å². The lowest BCUT2D eigenvalue weighted by Gasteiger charge is -2.48. The van der Waals surface area contributed by atoms with Crippen LogP contribution in [0.15, 0.2) is 15.9 Å². The standard InChI is InChI=1S/C16H25BrN2S/c1-2-13-11-18-9-4-3-5-14(18)12-19(13)10-8-15-6-7-16(17)20-15/h6-7,13-14H,2-5,8-12H2,1H3. The summed E-state index contributed by atoms with van der Waals surface area (Å²) >= 11 is 5.45. The Hall–Kier alpha value is 0.1000. The molecule has 0 aliphatic carbocycles. The highest BCUT2D eigenvalue weighted by Gasteiger charge is 2.33. The highest BCUT2D eigenvalue weighted by molar-refractivity contribution is 9.11. The molecule has 2 unspecified atom stereocenters. The van der Waals surface area contributed by atoms with Gasteiger partial charge >= 0.3 is 0 Å². The van der Waals surface area contributed by atoms with E-state index in [0.29, 0.717) is 0 Å². The van der Waals surface area contributed by atoms with Gasteiger partial charge in [0.1, 0.15) is 0 Å². The zero-order valence-electron chi connectivity index (χ0n) is 12.4. The van der Waals surface area contributed by atoms with E-state index in [-0.39, 0.29) is 0 Å². The van der Waals surface area contributed by atoms with Gasteiger partial charge in [0.15, 0.2) is 0 Å². The Labute approximate surface area is 135 Å². The van der Waals surface area contributed by atoms with Crippen molar-refractivity contribution in [2.24, 2.45) is 0 Å². The fraction of sp³-hybridized carbons (Fsp3) is 0.750. The summed E-state index contributed by atoms with van der Waals surface area (Å²) in [6.45, 7) is 7.52. The van der Waals surface area contributed by atoms with Crippen LogP contribution < -0.4 is 0 Å². The van der Waals surface area contributed by atoms with Crippen molar-refractivity contribution in [1.29, 1.82) is 0 Å². The van der Waals surface area contributed by atoms with Crippen LogP contribution >= 0.6 is 27.3 Å². The molecular weight excluding hydrogens is 332 g/mol. The first-order valence-corrected chi connectivity index (χ1v) is 9.59. The number of nitrogens with zero attached hydrogens (tertiary/aromatic N) is 2. The van der Waals surface area contributed by atoms with Gasteiger partial charge in [-0.05, 0) is 60.3 Å². The average molecular weight is 357 g/mol. The van der Waals surface area contributed by atoms with E-state index < -0.39 is 0 Å². The Kier molecular flexibility index (Phi) is 5.18. The number of rotatable bonds is 4. The third-order valence-corrected chi connectivity index (χ3v) is 6.58. The first kappa shape index (κ1) is 15.0. The molecule has 0 aromatic carbocycles. The van der Waals surface area contributed by atoms with Gasteiger partial charge in [-0.1, -0.05) is 13.3 Å². The minimum Gasteiger partial charge on any atom is -0.298 e. The van der Waals surface area contributed by atoms with Crippen molar-refractivity contribution in [3.05, 3.63) is 20.8 Å². The van der Waals surface area contributed by atoms with Crippen molar-refractivity contribution in [2.75, 3.05) is 26.2 Å². The zero-order chi connectivity index (χ0) is 13.9. The van der Waals surface area contributed by atoms with E-state index in [1.165, 1.54) is 66.9 Å².